The van der Waals surface area contributed by atoms with Gasteiger partial charge in [0.1, 0.15) is 0 Å². The predicted molar refractivity (Wildman–Crippen MR) is 49.2 cm³/mol. The van der Waals surface area contributed by atoms with E-state index in [1.165, 1.54) is 0 Å². The number of nitrogens with two attached hydrogens (primary N) is 1. The van der Waals surface area contributed by atoms with Crippen LogP contribution in [0.15, 0.2) is 0 Å². The molecule has 0 bridgehead atoms. The Balaban J connectivity index is 3.83. The molecule has 0 aliphatic carbocycles. The Bertz CT molecular complexity index is 141. The Morgan fingerprint density at radius 2 is 2.23 bits per heavy atom. The van der Waals surface area contributed by atoms with Gasteiger partial charge in [0.05, 0.1) is 13.2 Å². The molecule has 1 amide bonds. The lowest BCUT2D eigenvalue weighted by Gasteiger charge is -2.20. The molecule has 0 aliphatic rings. The fourth-order valence-corrected chi connectivity index (χ4v) is 0.965. The normalized spacial score (nSPS) is 10.1. The first-order valence-corrected chi connectivity index (χ1v) is 4.34. The van der Waals surface area contributed by atoms with Gasteiger partial charge in [-0.2, -0.15) is 0 Å². The maximum absolute atomic E-state index is 11.3. The van der Waals surface area contributed by atoms with Crippen molar-refractivity contribution in [2.45, 2.75) is 6.42 Å². The summed E-state index contributed by atoms with van der Waals surface area (Å²) in [5, 5.41) is 8.69. The number of hydrogen-bond donors (Lipinski definition) is 2. The van der Waals surface area contributed by atoms with E-state index in [1.54, 1.807) is 12.0 Å². The number of amides is 1. The van der Waals surface area contributed by atoms with E-state index in [2.05, 4.69) is 0 Å². The molecular formula is C8H18N2O3. The van der Waals surface area contributed by atoms with Crippen molar-refractivity contribution in [3.63, 3.8) is 0 Å². The summed E-state index contributed by atoms with van der Waals surface area (Å²) in [4.78, 5) is 12.9. The zero-order valence-corrected chi connectivity index (χ0v) is 8.03. The molecule has 0 rings (SSSR count). The van der Waals surface area contributed by atoms with Gasteiger partial charge in [-0.1, -0.05) is 0 Å². The minimum atomic E-state index is -0.0337. The average molecular weight is 190 g/mol. The molecule has 3 N–H and O–H groups in total. The molecule has 0 saturated carbocycles. The molecule has 0 aliphatic heterocycles. The van der Waals surface area contributed by atoms with Gasteiger partial charge in [0.2, 0.25) is 5.91 Å². The van der Waals surface area contributed by atoms with E-state index in [1.807, 2.05) is 0 Å². The van der Waals surface area contributed by atoms with Crippen LogP contribution in [0, 0.1) is 0 Å². The van der Waals surface area contributed by atoms with E-state index in [9.17, 15) is 4.79 Å². The molecule has 0 aromatic carbocycles. The highest BCUT2D eigenvalue weighted by molar-refractivity contribution is 5.76. The Morgan fingerprint density at radius 1 is 1.54 bits per heavy atom. The number of carbonyl (C=O) groups is 1. The minimum Gasteiger partial charge on any atom is -0.395 e. The number of hydrogen-bond acceptors (Lipinski definition) is 4. The van der Waals surface area contributed by atoms with Crippen LogP contribution >= 0.6 is 0 Å². The highest BCUT2D eigenvalue weighted by atomic mass is 16.5. The summed E-state index contributed by atoms with van der Waals surface area (Å²) in [6.07, 6.45) is 0.323. The van der Waals surface area contributed by atoms with Gasteiger partial charge in [-0.05, 0) is 0 Å². The number of aliphatic hydroxyl groups excluding tert-OH is 1. The third kappa shape index (κ3) is 5.57. The van der Waals surface area contributed by atoms with E-state index >= 15 is 0 Å². The third-order valence-electron chi connectivity index (χ3n) is 1.65. The Hall–Kier alpha value is -0.650. The second-order valence-electron chi connectivity index (χ2n) is 2.64. The maximum atomic E-state index is 11.3. The van der Waals surface area contributed by atoms with Crippen LogP contribution in [-0.4, -0.2) is 55.9 Å². The van der Waals surface area contributed by atoms with Gasteiger partial charge in [-0.15, -0.1) is 0 Å². The van der Waals surface area contributed by atoms with Crippen LogP contribution in [0.2, 0.25) is 0 Å². The molecule has 13 heavy (non-hydrogen) atoms. The second kappa shape index (κ2) is 7.97. The monoisotopic (exact) mass is 190 g/mol. The van der Waals surface area contributed by atoms with Crippen LogP contribution in [-0.2, 0) is 9.53 Å². The van der Waals surface area contributed by atoms with Crippen molar-refractivity contribution in [2.75, 3.05) is 40.0 Å². The molecule has 0 heterocycles. The predicted octanol–water partition coefficient (Wildman–Crippen LogP) is -1.20. The molecule has 0 fully saturated rings. The van der Waals surface area contributed by atoms with Gasteiger partial charge in [-0.25, -0.2) is 0 Å². The van der Waals surface area contributed by atoms with E-state index in [0.29, 0.717) is 32.7 Å². The van der Waals surface area contributed by atoms with Crippen LogP contribution in [0.3, 0.4) is 0 Å². The van der Waals surface area contributed by atoms with Crippen molar-refractivity contribution in [1.29, 1.82) is 0 Å². The van der Waals surface area contributed by atoms with Gasteiger partial charge in [-0.3, -0.25) is 4.79 Å². The Labute approximate surface area is 78.5 Å². The summed E-state index contributed by atoms with van der Waals surface area (Å²) in [7, 11) is 1.57. The molecule has 5 heteroatoms. The Kier molecular flexibility index (Phi) is 7.57. The van der Waals surface area contributed by atoms with E-state index in [-0.39, 0.29) is 12.5 Å². The largest absolute Gasteiger partial charge is 0.395 e. The first-order valence-electron chi connectivity index (χ1n) is 4.34. The van der Waals surface area contributed by atoms with Crippen molar-refractivity contribution < 1.29 is 14.6 Å². The van der Waals surface area contributed by atoms with E-state index in [0.717, 1.165) is 0 Å². The summed E-state index contributed by atoms with van der Waals surface area (Å²) < 4.78 is 4.84. The molecule has 0 atom stereocenters. The summed E-state index contributed by atoms with van der Waals surface area (Å²) in [6, 6.07) is 0. The van der Waals surface area contributed by atoms with Crippen molar-refractivity contribution in [1.82, 2.24) is 4.90 Å². The zero-order chi connectivity index (χ0) is 10.1. The van der Waals surface area contributed by atoms with Gasteiger partial charge >= 0.3 is 0 Å². The highest BCUT2D eigenvalue weighted by Gasteiger charge is 2.10. The summed E-state index contributed by atoms with van der Waals surface area (Å²) >= 11 is 0. The molecule has 0 aromatic heterocycles. The molecular weight excluding hydrogens is 172 g/mol. The maximum Gasteiger partial charge on any atom is 0.223 e. The molecule has 5 nitrogen and oxygen atoms in total. The first-order chi connectivity index (χ1) is 6.26. The zero-order valence-electron chi connectivity index (χ0n) is 8.03. The minimum absolute atomic E-state index is 0.0278. The van der Waals surface area contributed by atoms with Gasteiger partial charge in [0.15, 0.2) is 0 Å². The summed E-state index contributed by atoms with van der Waals surface area (Å²) in [5.41, 5.74) is 5.25. The first kappa shape index (κ1) is 12.3. The summed E-state index contributed by atoms with van der Waals surface area (Å²) in [6.45, 7) is 1.65. The second-order valence-corrected chi connectivity index (χ2v) is 2.64. The van der Waals surface area contributed by atoms with Crippen LogP contribution in [0.5, 0.6) is 0 Å². The number of ether oxygens (including phenoxy) is 1. The van der Waals surface area contributed by atoms with Crippen LogP contribution < -0.4 is 5.73 Å². The van der Waals surface area contributed by atoms with Crippen LogP contribution in [0.1, 0.15) is 6.42 Å². The lowest BCUT2D eigenvalue weighted by Crippen LogP contribution is -2.37. The van der Waals surface area contributed by atoms with Gasteiger partial charge in [0, 0.05) is 33.2 Å². The topological polar surface area (TPSA) is 75.8 Å². The number of rotatable bonds is 7. The molecule has 0 saturated heterocycles. The van der Waals surface area contributed by atoms with Gasteiger partial charge in [0.25, 0.3) is 0 Å². The number of carbonyl (C=O) groups excluding carboxylic acids is 1. The fraction of sp³-hybridized carbons (Fsp3) is 0.875. The lowest BCUT2D eigenvalue weighted by molar-refractivity contribution is -0.132. The molecule has 78 valence electrons. The van der Waals surface area contributed by atoms with Crippen LogP contribution in [0.4, 0.5) is 0 Å². The fourth-order valence-electron chi connectivity index (χ4n) is 0.965. The van der Waals surface area contributed by atoms with Crippen molar-refractivity contribution >= 4 is 5.91 Å². The Morgan fingerprint density at radius 3 is 2.69 bits per heavy atom. The quantitative estimate of drug-likeness (QED) is 0.529. The SMILES string of the molecule is COCCN(CCO)C(=O)CCN. The average Bonchev–Trinajstić information content (AvgIpc) is 2.12. The number of methoxy groups -OCH3 is 1. The van der Waals surface area contributed by atoms with Crippen LogP contribution in [0.25, 0.3) is 0 Å². The number of nitrogens with zero attached hydrogens (tertiary/aromatic N) is 1. The standard InChI is InChI=1S/C8H18N2O3/c1-13-7-5-10(4-6-11)8(12)2-3-9/h11H,2-7,9H2,1H3. The van der Waals surface area contributed by atoms with Crippen molar-refractivity contribution in [3.8, 4) is 0 Å². The third-order valence-corrected chi connectivity index (χ3v) is 1.65. The molecule has 0 aromatic rings. The van der Waals surface area contributed by atoms with Crippen molar-refractivity contribution in [3.05, 3.63) is 0 Å². The summed E-state index contributed by atoms with van der Waals surface area (Å²) in [5.74, 6) is -0.0337. The van der Waals surface area contributed by atoms with Crippen molar-refractivity contribution in [2.24, 2.45) is 5.73 Å². The molecule has 0 spiro atoms. The molecule has 0 unspecified atom stereocenters. The van der Waals surface area contributed by atoms with Gasteiger partial charge < -0.3 is 20.5 Å². The van der Waals surface area contributed by atoms with E-state index < -0.39 is 0 Å². The lowest BCUT2D eigenvalue weighted by atomic mass is 10.3. The number of aliphatic hydroxyl groups is 1. The molecule has 0 radical (unpaired) electrons. The van der Waals surface area contributed by atoms with E-state index in [4.69, 9.17) is 15.6 Å². The smallest absolute Gasteiger partial charge is 0.223 e. The highest BCUT2D eigenvalue weighted by Crippen LogP contribution is 1.93.